The Morgan fingerprint density at radius 3 is 3.08 bits per heavy atom. The third kappa shape index (κ3) is 1.33. The highest BCUT2D eigenvalue weighted by atomic mass is 32.2. The minimum Gasteiger partial charge on any atom is -0.271 e. The number of carbonyl (C=O) groups is 1. The Balaban J connectivity index is 2.77. The molecular weight excluding hydrogens is 190 g/mol. The van der Waals surface area contributed by atoms with Crippen molar-refractivity contribution in [3.63, 3.8) is 0 Å². The average molecular weight is 197 g/mol. The third-order valence-corrected chi connectivity index (χ3v) is 3.47. The summed E-state index contributed by atoms with van der Waals surface area (Å²) in [7, 11) is -2.59. The van der Waals surface area contributed by atoms with Gasteiger partial charge in [-0.3, -0.25) is 4.79 Å². The van der Waals surface area contributed by atoms with E-state index in [0.29, 0.717) is 10.6 Å². The normalized spacial score (nSPS) is 26.4. The van der Waals surface area contributed by atoms with Crippen LogP contribution in [0.1, 0.15) is 5.69 Å². The van der Waals surface area contributed by atoms with Crippen LogP contribution in [0.25, 0.3) is 0 Å². The maximum Gasteiger partial charge on any atom is 0.260 e. The lowest BCUT2D eigenvalue weighted by Crippen LogP contribution is -2.16. The lowest BCUT2D eigenvalue weighted by atomic mass is 10.3. The van der Waals surface area contributed by atoms with E-state index >= 15 is 0 Å². The molecule has 2 heterocycles. The van der Waals surface area contributed by atoms with E-state index in [1.165, 1.54) is 18.8 Å². The molecule has 0 fully saturated rings. The first-order valence-corrected chi connectivity index (χ1v) is 5.56. The molecule has 0 saturated heterocycles. The van der Waals surface area contributed by atoms with Crippen molar-refractivity contribution in [1.82, 2.24) is 9.97 Å². The quantitative estimate of drug-likeness (QED) is 0.587. The van der Waals surface area contributed by atoms with Crippen molar-refractivity contribution in [2.45, 2.75) is 11.3 Å². The van der Waals surface area contributed by atoms with Crippen molar-refractivity contribution in [3.8, 4) is 0 Å². The van der Waals surface area contributed by atoms with Crippen LogP contribution in [0.15, 0.2) is 21.8 Å². The molecule has 68 valence electrons. The predicted octanol–water partition coefficient (Wildman–Crippen LogP) is 0.0160. The van der Waals surface area contributed by atoms with Gasteiger partial charge < -0.3 is 0 Å². The van der Waals surface area contributed by atoms with E-state index in [9.17, 15) is 9.00 Å². The van der Waals surface area contributed by atoms with Crippen LogP contribution in [0.4, 0.5) is 0 Å². The fraction of sp³-hybridized carbons (Fsp3) is 0.286. The van der Waals surface area contributed by atoms with Gasteiger partial charge in [0.25, 0.3) is 5.91 Å². The molecule has 0 aromatic carbocycles. The van der Waals surface area contributed by atoms with E-state index in [1.807, 2.05) is 0 Å². The highest BCUT2D eigenvalue weighted by Gasteiger charge is 2.22. The Kier molecular flexibility index (Phi) is 1.66. The van der Waals surface area contributed by atoms with Crippen molar-refractivity contribution in [3.05, 3.63) is 18.2 Å². The van der Waals surface area contributed by atoms with Crippen molar-refractivity contribution in [2.24, 2.45) is 4.36 Å². The maximum absolute atomic E-state index is 11.8. The Morgan fingerprint density at radius 1 is 1.54 bits per heavy atom. The molecule has 0 N–H and O–H groups in total. The second-order valence-corrected chi connectivity index (χ2v) is 5.03. The van der Waals surface area contributed by atoms with Gasteiger partial charge in [-0.25, -0.2) is 14.2 Å². The Labute approximate surface area is 75.4 Å². The summed E-state index contributed by atoms with van der Waals surface area (Å²) in [5, 5.41) is 0. The smallest absolute Gasteiger partial charge is 0.260 e. The molecule has 1 aliphatic heterocycles. The van der Waals surface area contributed by atoms with Gasteiger partial charge in [0.15, 0.2) is 0 Å². The van der Waals surface area contributed by atoms with Crippen molar-refractivity contribution in [2.75, 3.05) is 6.26 Å². The number of nitrogens with zero attached hydrogens (tertiary/aromatic N) is 3. The van der Waals surface area contributed by atoms with E-state index < -0.39 is 9.73 Å². The van der Waals surface area contributed by atoms with Crippen LogP contribution in [-0.4, -0.2) is 26.3 Å². The highest BCUT2D eigenvalue weighted by Crippen LogP contribution is 2.19. The molecule has 0 bridgehead atoms. The Morgan fingerprint density at radius 2 is 2.31 bits per heavy atom. The van der Waals surface area contributed by atoms with Crippen LogP contribution in [-0.2, 0) is 20.9 Å². The first kappa shape index (κ1) is 8.31. The van der Waals surface area contributed by atoms with Crippen LogP contribution in [0, 0.1) is 0 Å². The molecule has 0 aliphatic carbocycles. The van der Waals surface area contributed by atoms with Gasteiger partial charge in [-0.15, -0.1) is 0 Å². The summed E-state index contributed by atoms with van der Waals surface area (Å²) in [5.74, 6) is -0.376. The first-order chi connectivity index (χ1) is 6.09. The summed E-state index contributed by atoms with van der Waals surface area (Å²) in [6.45, 7) is 0. The third-order valence-electron chi connectivity index (χ3n) is 1.76. The fourth-order valence-corrected chi connectivity index (χ4v) is 2.58. The summed E-state index contributed by atoms with van der Waals surface area (Å²) >= 11 is 0. The monoisotopic (exact) mass is 197 g/mol. The summed E-state index contributed by atoms with van der Waals surface area (Å²) in [6, 6.07) is 0. The van der Waals surface area contributed by atoms with E-state index in [-0.39, 0.29) is 12.3 Å². The van der Waals surface area contributed by atoms with E-state index in [2.05, 4.69) is 14.3 Å². The standard InChI is InChI=1S/C7H7N3O2S/c1-13(12)6-3-8-4-9-5(6)2-7(11)10-13/h3-4H,2H2,1H3. The van der Waals surface area contributed by atoms with Crippen molar-refractivity contribution in [1.29, 1.82) is 0 Å². The summed E-state index contributed by atoms with van der Waals surface area (Å²) < 4.78 is 15.3. The number of hydrogen-bond acceptors (Lipinski definition) is 4. The van der Waals surface area contributed by atoms with Gasteiger partial charge in [0, 0.05) is 12.5 Å². The number of aromatic nitrogens is 2. The molecule has 1 amide bonds. The van der Waals surface area contributed by atoms with Crippen LogP contribution in [0.2, 0.25) is 0 Å². The largest absolute Gasteiger partial charge is 0.271 e. The first-order valence-electron chi connectivity index (χ1n) is 3.63. The molecule has 0 radical (unpaired) electrons. The minimum absolute atomic E-state index is 0.128. The van der Waals surface area contributed by atoms with Gasteiger partial charge in [-0.2, -0.15) is 4.36 Å². The van der Waals surface area contributed by atoms with Crippen LogP contribution >= 0.6 is 0 Å². The average Bonchev–Trinajstić information content (AvgIpc) is 2.02. The number of fused-ring (bicyclic) bond motifs is 1. The molecular formula is C7H7N3O2S. The zero-order valence-corrected chi connectivity index (χ0v) is 7.74. The van der Waals surface area contributed by atoms with Gasteiger partial charge in [-0.1, -0.05) is 0 Å². The fourth-order valence-electron chi connectivity index (χ4n) is 1.21. The minimum atomic E-state index is -2.59. The molecule has 1 aromatic heterocycles. The summed E-state index contributed by atoms with van der Waals surface area (Å²) in [4.78, 5) is 19.2. The van der Waals surface area contributed by atoms with Gasteiger partial charge in [0.1, 0.15) is 6.33 Å². The number of carbonyl (C=O) groups excluding carboxylic acids is 1. The van der Waals surface area contributed by atoms with Gasteiger partial charge in [0.2, 0.25) is 0 Å². The lowest BCUT2D eigenvalue weighted by Gasteiger charge is -2.11. The van der Waals surface area contributed by atoms with E-state index in [1.54, 1.807) is 0 Å². The SMILES string of the molecule is CS1(=O)=NC(=O)Cc2ncncc21. The summed E-state index contributed by atoms with van der Waals surface area (Å²) in [5.41, 5.74) is 0.530. The number of amides is 1. The van der Waals surface area contributed by atoms with Crippen LogP contribution in [0.5, 0.6) is 0 Å². The molecule has 13 heavy (non-hydrogen) atoms. The predicted molar refractivity (Wildman–Crippen MR) is 45.5 cm³/mol. The molecule has 5 nitrogen and oxygen atoms in total. The number of rotatable bonds is 0. The Hall–Kier alpha value is -1.30. The van der Waals surface area contributed by atoms with E-state index in [4.69, 9.17) is 0 Å². The molecule has 1 atom stereocenters. The topological polar surface area (TPSA) is 72.3 Å². The van der Waals surface area contributed by atoms with Gasteiger partial charge >= 0.3 is 0 Å². The highest BCUT2D eigenvalue weighted by molar-refractivity contribution is 7.93. The van der Waals surface area contributed by atoms with Crippen molar-refractivity contribution < 1.29 is 9.00 Å². The van der Waals surface area contributed by atoms with Gasteiger partial charge in [0.05, 0.1) is 26.7 Å². The second kappa shape index (κ2) is 2.59. The van der Waals surface area contributed by atoms with Crippen molar-refractivity contribution >= 4 is 15.6 Å². The van der Waals surface area contributed by atoms with Crippen LogP contribution in [0.3, 0.4) is 0 Å². The van der Waals surface area contributed by atoms with Crippen LogP contribution < -0.4 is 0 Å². The number of hydrogen-bond donors (Lipinski definition) is 0. The molecule has 0 spiro atoms. The van der Waals surface area contributed by atoms with E-state index in [0.717, 1.165) is 0 Å². The second-order valence-electron chi connectivity index (χ2n) is 2.80. The zero-order chi connectivity index (χ0) is 9.47. The molecule has 1 aliphatic rings. The lowest BCUT2D eigenvalue weighted by molar-refractivity contribution is -0.117. The summed E-state index contributed by atoms with van der Waals surface area (Å²) in [6.07, 6.45) is 4.35. The zero-order valence-electron chi connectivity index (χ0n) is 6.93. The molecule has 1 unspecified atom stereocenters. The molecule has 6 heteroatoms. The Bertz CT molecular complexity index is 488. The molecule has 1 aromatic rings. The van der Waals surface area contributed by atoms with Gasteiger partial charge in [-0.05, 0) is 0 Å². The maximum atomic E-state index is 11.8. The molecule has 2 rings (SSSR count). The molecule has 0 saturated carbocycles.